The zero-order valence-corrected chi connectivity index (χ0v) is 10.9. The highest BCUT2D eigenvalue weighted by Crippen LogP contribution is 2.12. The second-order valence-corrected chi connectivity index (χ2v) is 4.74. The van der Waals surface area contributed by atoms with Gasteiger partial charge in [-0.05, 0) is 0 Å². The van der Waals surface area contributed by atoms with Crippen molar-refractivity contribution < 1.29 is 0 Å². The second kappa shape index (κ2) is 18.1. The summed E-state index contributed by atoms with van der Waals surface area (Å²) in [6, 6.07) is 0. The highest BCUT2D eigenvalue weighted by atomic mass is 24.3. The van der Waals surface area contributed by atoms with Crippen LogP contribution in [0.15, 0.2) is 0 Å². The van der Waals surface area contributed by atoms with E-state index in [0.717, 1.165) is 6.42 Å². The first-order valence-corrected chi connectivity index (χ1v) is 7.21. The van der Waals surface area contributed by atoms with Crippen LogP contribution in [-0.4, -0.2) is 23.1 Å². The molecule has 95 valence electrons. The van der Waals surface area contributed by atoms with Crippen LogP contribution in [0.3, 0.4) is 0 Å². The molecule has 0 amide bonds. The van der Waals surface area contributed by atoms with Crippen LogP contribution in [0.25, 0.3) is 0 Å². The van der Waals surface area contributed by atoms with Crippen molar-refractivity contribution in [1.29, 1.82) is 0 Å². The number of unbranched alkanes of at least 4 members (excludes halogenated alkanes) is 12. The molecule has 0 spiro atoms. The van der Waals surface area contributed by atoms with Crippen molar-refractivity contribution in [2.75, 3.05) is 0 Å². The molecule has 0 saturated carbocycles. The maximum atomic E-state index is 3.87. The third-order valence-electron chi connectivity index (χ3n) is 3.10. The van der Waals surface area contributed by atoms with Gasteiger partial charge in [0, 0.05) is 0 Å². The summed E-state index contributed by atoms with van der Waals surface area (Å²) in [6.45, 7) is 6.15. The molecule has 0 heterocycles. The Hall–Kier alpha value is 0.766. The van der Waals surface area contributed by atoms with Gasteiger partial charge in [-0.15, -0.1) is 0 Å². The van der Waals surface area contributed by atoms with Gasteiger partial charge in [-0.3, -0.25) is 0 Å². The van der Waals surface area contributed by atoms with Crippen LogP contribution in [0.1, 0.15) is 90.4 Å². The van der Waals surface area contributed by atoms with Crippen molar-refractivity contribution in [2.24, 2.45) is 0 Å². The van der Waals surface area contributed by atoms with Gasteiger partial charge < -0.3 is 0 Å². The lowest BCUT2D eigenvalue weighted by Crippen LogP contribution is -1.82. The molecule has 0 N–H and O–H groups in total. The number of rotatable bonds is 12. The van der Waals surface area contributed by atoms with Crippen molar-refractivity contribution in [2.45, 2.75) is 90.4 Å². The summed E-state index contributed by atoms with van der Waals surface area (Å²) >= 11 is 0. The lowest BCUT2D eigenvalue weighted by Gasteiger charge is -2.01. The van der Waals surface area contributed by atoms with E-state index in [0.29, 0.717) is 0 Å². The van der Waals surface area contributed by atoms with Crippen molar-refractivity contribution in [3.63, 3.8) is 0 Å². The van der Waals surface area contributed by atoms with E-state index in [2.05, 4.69) is 13.8 Å². The first-order chi connectivity index (χ1) is 7.41. The number of hydrogen-bond acceptors (Lipinski definition) is 0. The van der Waals surface area contributed by atoms with Gasteiger partial charge in [0.25, 0.3) is 0 Å². The van der Waals surface area contributed by atoms with Crippen molar-refractivity contribution in [1.82, 2.24) is 0 Å². The molecule has 1 heteroatoms. The highest BCUT2D eigenvalue weighted by Gasteiger charge is 1.92. The monoisotopic (exact) mass is 237 g/mol. The normalized spacial score (nSPS) is 10.1. The molecule has 0 rings (SSSR count). The molecule has 0 bridgehead atoms. The van der Waals surface area contributed by atoms with Crippen LogP contribution in [0.2, 0.25) is 0 Å². The van der Waals surface area contributed by atoms with E-state index in [-0.39, 0.29) is 23.1 Å². The van der Waals surface area contributed by atoms with Gasteiger partial charge in [-0.1, -0.05) is 97.3 Å². The fraction of sp³-hybridized carbons (Fsp3) is 0.933. The van der Waals surface area contributed by atoms with E-state index < -0.39 is 0 Å². The quantitative estimate of drug-likeness (QED) is 0.331. The Bertz CT molecular complexity index is 89.6. The molecule has 0 aliphatic rings. The average Bonchev–Trinajstić information content (AvgIpc) is 2.26. The predicted octanol–water partition coefficient (Wildman–Crippen LogP) is 5.00. The molecule has 0 nitrogen and oxygen atoms in total. The van der Waals surface area contributed by atoms with Crippen LogP contribution in [0.4, 0.5) is 0 Å². The summed E-state index contributed by atoms with van der Waals surface area (Å²) in [5, 5.41) is 0. The van der Waals surface area contributed by atoms with Crippen LogP contribution >= 0.6 is 0 Å². The molecule has 1 radical (unpaired) electrons. The lowest BCUT2D eigenvalue weighted by molar-refractivity contribution is 0.545. The van der Waals surface area contributed by atoms with Gasteiger partial charge in [0.05, 0.1) is 0 Å². The van der Waals surface area contributed by atoms with Crippen molar-refractivity contribution in [3.05, 3.63) is 6.92 Å². The first-order valence-electron chi connectivity index (χ1n) is 7.21. The Labute approximate surface area is 120 Å². The fourth-order valence-electron chi connectivity index (χ4n) is 2.02. The largest absolute Gasteiger partial charge is 0.316 e. The van der Waals surface area contributed by atoms with Crippen LogP contribution in [0.5, 0.6) is 0 Å². The minimum absolute atomic E-state index is 0. The Balaban J connectivity index is 0. The minimum Gasteiger partial charge on any atom is -0.0654 e. The molecule has 0 atom stereocenters. The van der Waals surface area contributed by atoms with E-state index in [9.17, 15) is 0 Å². The van der Waals surface area contributed by atoms with Gasteiger partial charge in [0.2, 0.25) is 0 Å². The summed E-state index contributed by atoms with van der Waals surface area (Å²) in [6.07, 6.45) is 18.3. The standard InChI is InChI=1S/C15H31.Mg.2H/c1-3-5-7-9-11-13-15-14-12-10-8-6-4-2;;;/h1,3-15H2,2H3;;;. The summed E-state index contributed by atoms with van der Waals surface area (Å²) < 4.78 is 0. The SMILES string of the molecule is [CH2]CCCCCCCCCCCCCC.[MgH2]. The van der Waals surface area contributed by atoms with Gasteiger partial charge in [-0.25, -0.2) is 0 Å². The summed E-state index contributed by atoms with van der Waals surface area (Å²) in [4.78, 5) is 0. The first kappa shape index (κ1) is 19.1. The van der Waals surface area contributed by atoms with E-state index >= 15 is 0 Å². The van der Waals surface area contributed by atoms with Crippen LogP contribution < -0.4 is 0 Å². The zero-order chi connectivity index (χ0) is 11.2. The third-order valence-corrected chi connectivity index (χ3v) is 3.10. The summed E-state index contributed by atoms with van der Waals surface area (Å²) in [5.41, 5.74) is 0. The minimum atomic E-state index is 0. The van der Waals surface area contributed by atoms with E-state index in [4.69, 9.17) is 0 Å². The molecule has 0 saturated heterocycles. The molecule has 16 heavy (non-hydrogen) atoms. The summed E-state index contributed by atoms with van der Waals surface area (Å²) in [5.74, 6) is 0. The maximum absolute atomic E-state index is 3.87. The molecular formula is C15H33Mg. The Morgan fingerprint density at radius 1 is 0.562 bits per heavy atom. The van der Waals surface area contributed by atoms with Crippen LogP contribution in [0, 0.1) is 6.92 Å². The Morgan fingerprint density at radius 3 is 1.19 bits per heavy atom. The molecular weight excluding hydrogens is 204 g/mol. The van der Waals surface area contributed by atoms with Crippen molar-refractivity contribution in [3.8, 4) is 0 Å². The average molecular weight is 238 g/mol. The molecule has 0 aromatic rings. The maximum Gasteiger partial charge on any atom is 0.316 e. The topological polar surface area (TPSA) is 0 Å². The Kier molecular flexibility index (Phi) is 21.7. The molecule has 0 aromatic heterocycles. The third kappa shape index (κ3) is 17.2. The number of hydrogen-bond donors (Lipinski definition) is 0. The fourth-order valence-corrected chi connectivity index (χ4v) is 2.02. The highest BCUT2D eigenvalue weighted by molar-refractivity contribution is 5.75. The molecule has 0 fully saturated rings. The smallest absolute Gasteiger partial charge is 0.0654 e. The summed E-state index contributed by atoms with van der Waals surface area (Å²) in [7, 11) is 0. The van der Waals surface area contributed by atoms with E-state index in [1.54, 1.807) is 0 Å². The molecule has 0 aliphatic carbocycles. The van der Waals surface area contributed by atoms with Gasteiger partial charge in [0.1, 0.15) is 0 Å². The van der Waals surface area contributed by atoms with Gasteiger partial charge in [0.15, 0.2) is 0 Å². The van der Waals surface area contributed by atoms with E-state index in [1.807, 2.05) is 0 Å². The van der Waals surface area contributed by atoms with E-state index in [1.165, 1.54) is 77.0 Å². The molecule has 0 unspecified atom stereocenters. The molecule has 0 aliphatic heterocycles. The Morgan fingerprint density at radius 2 is 0.875 bits per heavy atom. The van der Waals surface area contributed by atoms with Gasteiger partial charge >= 0.3 is 23.1 Å². The van der Waals surface area contributed by atoms with Gasteiger partial charge in [-0.2, -0.15) is 0 Å². The zero-order valence-electron chi connectivity index (χ0n) is 10.9. The second-order valence-electron chi connectivity index (χ2n) is 4.74. The lowest BCUT2D eigenvalue weighted by atomic mass is 10.1. The predicted molar refractivity (Wildman–Crippen MR) is 79.6 cm³/mol. The van der Waals surface area contributed by atoms with Crippen LogP contribution in [-0.2, 0) is 0 Å². The van der Waals surface area contributed by atoms with Crippen molar-refractivity contribution >= 4 is 23.1 Å². The molecule has 0 aromatic carbocycles.